The van der Waals surface area contributed by atoms with Crippen LogP contribution in [0.4, 0.5) is 4.39 Å². The summed E-state index contributed by atoms with van der Waals surface area (Å²) in [5.41, 5.74) is 1.84. The van der Waals surface area contributed by atoms with Crippen LogP contribution in [0, 0.1) is 5.82 Å². The lowest BCUT2D eigenvalue weighted by molar-refractivity contribution is 0.0384. The molecule has 1 aliphatic rings. The Morgan fingerprint density at radius 1 is 1.10 bits per heavy atom. The van der Waals surface area contributed by atoms with Crippen LogP contribution in [-0.2, 0) is 17.9 Å². The van der Waals surface area contributed by atoms with E-state index < -0.39 is 0 Å². The van der Waals surface area contributed by atoms with E-state index in [-0.39, 0.29) is 5.82 Å². The van der Waals surface area contributed by atoms with Crippen molar-refractivity contribution in [2.45, 2.75) is 20.1 Å². The summed E-state index contributed by atoms with van der Waals surface area (Å²) >= 11 is 6.48. The van der Waals surface area contributed by atoms with E-state index in [1.54, 1.807) is 18.2 Å². The van der Waals surface area contributed by atoms with Gasteiger partial charge in [0, 0.05) is 43.8 Å². The second kappa shape index (κ2) is 11.4. The number of hydrogen-bond donors (Lipinski definition) is 1. The molecule has 3 rings (SSSR count). The third-order valence-corrected chi connectivity index (χ3v) is 5.10. The smallest absolute Gasteiger partial charge is 0.163 e. The van der Waals surface area contributed by atoms with Crippen molar-refractivity contribution in [2.75, 3.05) is 46.0 Å². The lowest BCUT2D eigenvalue weighted by Crippen LogP contribution is -2.40. The molecule has 0 bridgehead atoms. The summed E-state index contributed by atoms with van der Waals surface area (Å²) in [4.78, 5) is 2.39. The largest absolute Gasteiger partial charge is 0.490 e. The van der Waals surface area contributed by atoms with Crippen LogP contribution >= 0.6 is 11.6 Å². The predicted octanol–water partition coefficient (Wildman–Crippen LogP) is 3.88. The van der Waals surface area contributed by atoms with Gasteiger partial charge in [0.15, 0.2) is 11.5 Å². The van der Waals surface area contributed by atoms with Gasteiger partial charge in [0.1, 0.15) is 12.4 Å². The van der Waals surface area contributed by atoms with Crippen LogP contribution in [0.25, 0.3) is 0 Å². The third kappa shape index (κ3) is 6.85. The SMILES string of the molecule is CCOc1cc(CNCCN2CCOCC2)c(Cl)cc1OCc1ccc(F)cc1. The highest BCUT2D eigenvalue weighted by Gasteiger charge is 2.13. The van der Waals surface area contributed by atoms with Crippen molar-refractivity contribution in [1.82, 2.24) is 10.2 Å². The Balaban J connectivity index is 1.56. The normalized spacial score (nSPS) is 14.7. The summed E-state index contributed by atoms with van der Waals surface area (Å²) in [6, 6.07) is 9.94. The Bertz CT molecular complexity index is 767. The van der Waals surface area contributed by atoms with Crippen molar-refractivity contribution < 1.29 is 18.6 Å². The zero-order chi connectivity index (χ0) is 20.5. The molecule has 0 radical (unpaired) electrons. The molecule has 0 unspecified atom stereocenters. The van der Waals surface area contributed by atoms with Crippen molar-refractivity contribution in [3.05, 3.63) is 58.4 Å². The van der Waals surface area contributed by atoms with Crippen LogP contribution in [-0.4, -0.2) is 50.9 Å². The van der Waals surface area contributed by atoms with Gasteiger partial charge in [-0.1, -0.05) is 23.7 Å². The molecule has 2 aromatic carbocycles. The average Bonchev–Trinajstić information content (AvgIpc) is 2.74. The van der Waals surface area contributed by atoms with Crippen molar-refractivity contribution in [3.8, 4) is 11.5 Å². The van der Waals surface area contributed by atoms with Gasteiger partial charge >= 0.3 is 0 Å². The maximum atomic E-state index is 13.1. The van der Waals surface area contributed by atoms with Crippen LogP contribution in [0.5, 0.6) is 11.5 Å². The lowest BCUT2D eigenvalue weighted by atomic mass is 10.2. The minimum atomic E-state index is -0.266. The van der Waals surface area contributed by atoms with Gasteiger partial charge in [-0.2, -0.15) is 0 Å². The lowest BCUT2D eigenvalue weighted by Gasteiger charge is -2.26. The summed E-state index contributed by atoms with van der Waals surface area (Å²) in [6.07, 6.45) is 0. The van der Waals surface area contributed by atoms with E-state index in [0.717, 1.165) is 50.5 Å². The first-order valence-corrected chi connectivity index (χ1v) is 10.4. The molecular formula is C22H28ClFN2O3. The number of benzene rings is 2. The van der Waals surface area contributed by atoms with Crippen molar-refractivity contribution in [2.24, 2.45) is 0 Å². The molecule has 5 nitrogen and oxygen atoms in total. The number of nitrogens with one attached hydrogen (secondary N) is 1. The quantitative estimate of drug-likeness (QED) is 0.588. The number of nitrogens with zero attached hydrogens (tertiary/aromatic N) is 1. The van der Waals surface area contributed by atoms with Crippen LogP contribution in [0.15, 0.2) is 36.4 Å². The van der Waals surface area contributed by atoms with Crippen LogP contribution in [0.3, 0.4) is 0 Å². The summed E-state index contributed by atoms with van der Waals surface area (Å²) in [6.45, 7) is 8.87. The molecule has 2 aromatic rings. The molecule has 1 saturated heterocycles. The molecular weight excluding hydrogens is 395 g/mol. The summed E-state index contributed by atoms with van der Waals surface area (Å²) < 4.78 is 30.1. The fourth-order valence-electron chi connectivity index (χ4n) is 3.12. The predicted molar refractivity (Wildman–Crippen MR) is 112 cm³/mol. The first kappa shape index (κ1) is 21.8. The Labute approximate surface area is 176 Å². The van der Waals surface area contributed by atoms with Gasteiger partial charge < -0.3 is 19.5 Å². The van der Waals surface area contributed by atoms with Crippen LogP contribution in [0.2, 0.25) is 5.02 Å². The second-order valence-electron chi connectivity index (χ2n) is 6.87. The molecule has 1 fully saturated rings. The van der Waals surface area contributed by atoms with Gasteiger partial charge in [-0.25, -0.2) is 4.39 Å². The van der Waals surface area contributed by atoms with E-state index in [2.05, 4.69) is 10.2 Å². The first-order valence-electron chi connectivity index (χ1n) is 9.99. The summed E-state index contributed by atoms with van der Waals surface area (Å²) in [7, 11) is 0. The molecule has 0 atom stereocenters. The molecule has 1 heterocycles. The van der Waals surface area contributed by atoms with Crippen LogP contribution in [0.1, 0.15) is 18.1 Å². The van der Waals surface area contributed by atoms with Gasteiger partial charge in [0.05, 0.1) is 19.8 Å². The zero-order valence-corrected chi connectivity index (χ0v) is 17.5. The van der Waals surface area contributed by atoms with Gasteiger partial charge in [-0.05, 0) is 36.2 Å². The summed E-state index contributed by atoms with van der Waals surface area (Å²) in [5, 5.41) is 4.07. The van der Waals surface area contributed by atoms with Crippen molar-refractivity contribution in [1.29, 1.82) is 0 Å². The first-order chi connectivity index (χ1) is 14.2. The highest BCUT2D eigenvalue weighted by atomic mass is 35.5. The Morgan fingerprint density at radius 3 is 2.55 bits per heavy atom. The minimum absolute atomic E-state index is 0.266. The minimum Gasteiger partial charge on any atom is -0.490 e. The van der Waals surface area contributed by atoms with Gasteiger partial charge in [0.2, 0.25) is 0 Å². The summed E-state index contributed by atoms with van der Waals surface area (Å²) in [5.74, 6) is 0.972. The maximum absolute atomic E-state index is 13.1. The standard InChI is InChI=1S/C22H28ClFN2O3/c1-2-28-21-13-18(15-25-7-8-26-9-11-27-12-10-26)20(23)14-22(21)29-16-17-3-5-19(24)6-4-17/h3-6,13-14,25H,2,7-12,15-16H2,1H3. The number of rotatable bonds is 10. The fourth-order valence-corrected chi connectivity index (χ4v) is 3.34. The third-order valence-electron chi connectivity index (χ3n) is 4.74. The average molecular weight is 423 g/mol. The van der Waals surface area contributed by atoms with Crippen molar-refractivity contribution >= 4 is 11.6 Å². The molecule has 0 saturated carbocycles. The molecule has 1 N–H and O–H groups in total. The molecule has 0 amide bonds. The van der Waals surface area contributed by atoms with Crippen molar-refractivity contribution in [3.63, 3.8) is 0 Å². The van der Waals surface area contributed by atoms with Gasteiger partial charge in [0.25, 0.3) is 0 Å². The molecule has 29 heavy (non-hydrogen) atoms. The van der Waals surface area contributed by atoms with Gasteiger partial charge in [-0.15, -0.1) is 0 Å². The number of halogens is 2. The molecule has 0 spiro atoms. The van der Waals surface area contributed by atoms with E-state index in [0.29, 0.717) is 36.3 Å². The zero-order valence-electron chi connectivity index (χ0n) is 16.8. The fraction of sp³-hybridized carbons (Fsp3) is 0.455. The van der Waals surface area contributed by atoms with E-state index in [1.165, 1.54) is 12.1 Å². The molecule has 0 aromatic heterocycles. The topological polar surface area (TPSA) is 43.0 Å². The molecule has 0 aliphatic carbocycles. The van der Waals surface area contributed by atoms with Gasteiger partial charge in [-0.3, -0.25) is 4.90 Å². The second-order valence-corrected chi connectivity index (χ2v) is 7.28. The Morgan fingerprint density at radius 2 is 1.83 bits per heavy atom. The van der Waals surface area contributed by atoms with E-state index in [4.69, 9.17) is 25.8 Å². The maximum Gasteiger partial charge on any atom is 0.163 e. The van der Waals surface area contributed by atoms with Crippen LogP contribution < -0.4 is 14.8 Å². The monoisotopic (exact) mass is 422 g/mol. The van der Waals surface area contributed by atoms with E-state index >= 15 is 0 Å². The number of morpholine rings is 1. The highest BCUT2D eigenvalue weighted by molar-refractivity contribution is 6.31. The van der Waals surface area contributed by atoms with E-state index in [1.807, 2.05) is 13.0 Å². The molecule has 1 aliphatic heterocycles. The Hall–Kier alpha value is -1.86. The molecule has 7 heteroatoms. The van der Waals surface area contributed by atoms with E-state index in [9.17, 15) is 4.39 Å². The number of hydrogen-bond acceptors (Lipinski definition) is 5. The number of ether oxygens (including phenoxy) is 3. The highest BCUT2D eigenvalue weighted by Crippen LogP contribution is 2.34. The molecule has 158 valence electrons. The Kier molecular flexibility index (Phi) is 8.55.